The van der Waals surface area contributed by atoms with Crippen LogP contribution < -0.4 is 10.5 Å². The summed E-state index contributed by atoms with van der Waals surface area (Å²) < 4.78 is 5.45. The average Bonchev–Trinajstić information content (AvgIpc) is 2.69. The molecule has 17 heavy (non-hydrogen) atoms. The zero-order valence-corrected chi connectivity index (χ0v) is 10.9. The molecule has 1 aromatic heterocycles. The average molecular weight is 251 g/mol. The number of nitrogens with one attached hydrogen (secondary N) is 1. The van der Waals surface area contributed by atoms with Crippen LogP contribution in [0.25, 0.3) is 11.0 Å². The van der Waals surface area contributed by atoms with Gasteiger partial charge in [-0.25, -0.2) is 4.98 Å². The number of ether oxygens (including phenoxy) is 1. The Kier molecular flexibility index (Phi) is 3.91. The number of hydrogen-bond acceptors (Lipinski definition) is 4. The van der Waals surface area contributed by atoms with Gasteiger partial charge in [0.25, 0.3) is 0 Å². The highest BCUT2D eigenvalue weighted by molar-refractivity contribution is 7.99. The van der Waals surface area contributed by atoms with Crippen LogP contribution in [0.5, 0.6) is 5.75 Å². The molecule has 0 aliphatic rings. The maximum absolute atomic E-state index is 5.72. The first-order valence-electron chi connectivity index (χ1n) is 5.70. The number of H-pyrrole nitrogens is 1. The molecule has 4 nitrogen and oxygen atoms in total. The zero-order chi connectivity index (χ0) is 12.3. The highest BCUT2D eigenvalue weighted by Crippen LogP contribution is 2.23. The largest absolute Gasteiger partial charge is 0.494 e. The van der Waals surface area contributed by atoms with E-state index in [4.69, 9.17) is 10.5 Å². The van der Waals surface area contributed by atoms with Gasteiger partial charge in [0.2, 0.25) is 0 Å². The van der Waals surface area contributed by atoms with Gasteiger partial charge in [-0.1, -0.05) is 11.8 Å². The van der Waals surface area contributed by atoms with Gasteiger partial charge in [0, 0.05) is 17.9 Å². The van der Waals surface area contributed by atoms with Crippen molar-refractivity contribution < 1.29 is 4.74 Å². The molecule has 92 valence electrons. The molecular weight excluding hydrogens is 234 g/mol. The van der Waals surface area contributed by atoms with Crippen LogP contribution in [-0.2, 0) is 0 Å². The van der Waals surface area contributed by atoms with Crippen molar-refractivity contribution in [2.75, 3.05) is 12.4 Å². The number of nitrogens with two attached hydrogens (primary N) is 1. The maximum Gasteiger partial charge on any atom is 0.166 e. The molecule has 3 N–H and O–H groups in total. The van der Waals surface area contributed by atoms with E-state index in [0.29, 0.717) is 6.61 Å². The summed E-state index contributed by atoms with van der Waals surface area (Å²) in [5, 5.41) is 0.908. The Morgan fingerprint density at radius 2 is 2.35 bits per heavy atom. The number of aromatic nitrogens is 2. The van der Waals surface area contributed by atoms with Crippen molar-refractivity contribution in [3.63, 3.8) is 0 Å². The van der Waals surface area contributed by atoms with E-state index in [9.17, 15) is 0 Å². The van der Waals surface area contributed by atoms with Gasteiger partial charge < -0.3 is 15.5 Å². The van der Waals surface area contributed by atoms with Crippen molar-refractivity contribution in [1.82, 2.24) is 9.97 Å². The third kappa shape index (κ3) is 3.14. The van der Waals surface area contributed by atoms with Crippen LogP contribution in [0.2, 0.25) is 0 Å². The van der Waals surface area contributed by atoms with Crippen LogP contribution in [0.1, 0.15) is 13.8 Å². The summed E-state index contributed by atoms with van der Waals surface area (Å²) in [7, 11) is 0. The van der Waals surface area contributed by atoms with Gasteiger partial charge >= 0.3 is 0 Å². The predicted molar refractivity (Wildman–Crippen MR) is 71.6 cm³/mol. The lowest BCUT2D eigenvalue weighted by molar-refractivity contribution is 0.340. The first kappa shape index (κ1) is 12.3. The van der Waals surface area contributed by atoms with Crippen LogP contribution in [0.4, 0.5) is 0 Å². The Morgan fingerprint density at radius 1 is 1.53 bits per heavy atom. The molecule has 1 aromatic carbocycles. The summed E-state index contributed by atoms with van der Waals surface area (Å²) >= 11 is 1.64. The summed E-state index contributed by atoms with van der Waals surface area (Å²) in [6.45, 7) is 4.63. The minimum Gasteiger partial charge on any atom is -0.494 e. The topological polar surface area (TPSA) is 63.9 Å². The lowest BCUT2D eigenvalue weighted by Gasteiger charge is -2.01. The van der Waals surface area contributed by atoms with Gasteiger partial charge in [0.15, 0.2) is 5.16 Å². The summed E-state index contributed by atoms with van der Waals surface area (Å²) in [6, 6.07) is 6.05. The quantitative estimate of drug-likeness (QED) is 0.801. The fourth-order valence-electron chi connectivity index (χ4n) is 1.50. The van der Waals surface area contributed by atoms with E-state index in [-0.39, 0.29) is 6.04 Å². The number of nitrogens with zero attached hydrogens (tertiary/aromatic N) is 1. The molecule has 0 radical (unpaired) electrons. The Balaban J connectivity index is 2.18. The molecular formula is C12H17N3OS. The Hall–Kier alpha value is -1.20. The fraction of sp³-hybridized carbons (Fsp3) is 0.417. The molecule has 5 heteroatoms. The first-order valence-corrected chi connectivity index (χ1v) is 6.68. The van der Waals surface area contributed by atoms with E-state index in [0.717, 1.165) is 27.7 Å². The molecule has 1 heterocycles. The second-order valence-electron chi connectivity index (χ2n) is 3.94. The number of aromatic amines is 1. The third-order valence-corrected chi connectivity index (χ3v) is 3.38. The molecule has 1 atom stereocenters. The van der Waals surface area contributed by atoms with Crippen LogP contribution >= 0.6 is 11.8 Å². The second-order valence-corrected chi connectivity index (χ2v) is 4.95. The van der Waals surface area contributed by atoms with Crippen LogP contribution in [0.15, 0.2) is 23.4 Å². The lowest BCUT2D eigenvalue weighted by atomic mass is 10.3. The predicted octanol–water partition coefficient (Wildman–Crippen LogP) is 2.40. The Bertz CT molecular complexity index is 495. The standard InChI is InChI=1S/C12H17N3OS/c1-3-16-9-4-5-10-11(6-9)15-12(14-10)17-7-8(2)13/h4-6,8H,3,7,13H2,1-2H3,(H,14,15)/t8-/m0/s1. The molecule has 2 aromatic rings. The van der Waals surface area contributed by atoms with Gasteiger partial charge in [0.05, 0.1) is 17.6 Å². The molecule has 0 saturated carbocycles. The molecule has 0 unspecified atom stereocenters. The van der Waals surface area contributed by atoms with Crippen molar-refractivity contribution in [3.8, 4) is 5.75 Å². The third-order valence-electron chi connectivity index (χ3n) is 2.23. The summed E-state index contributed by atoms with van der Waals surface area (Å²) in [5.41, 5.74) is 7.68. The van der Waals surface area contributed by atoms with Crippen molar-refractivity contribution in [3.05, 3.63) is 18.2 Å². The van der Waals surface area contributed by atoms with Crippen molar-refractivity contribution >= 4 is 22.8 Å². The van der Waals surface area contributed by atoms with Crippen LogP contribution in [-0.4, -0.2) is 28.4 Å². The minimum absolute atomic E-state index is 0.173. The number of imidazole rings is 1. The lowest BCUT2D eigenvalue weighted by Crippen LogP contribution is -2.17. The number of thioether (sulfide) groups is 1. The molecule has 0 bridgehead atoms. The van der Waals surface area contributed by atoms with E-state index < -0.39 is 0 Å². The Labute approximate surface area is 105 Å². The van der Waals surface area contributed by atoms with E-state index in [2.05, 4.69) is 9.97 Å². The number of hydrogen-bond donors (Lipinski definition) is 2. The van der Waals surface area contributed by atoms with Gasteiger partial charge in [-0.05, 0) is 26.0 Å². The van der Waals surface area contributed by atoms with E-state index in [1.165, 1.54) is 0 Å². The molecule has 0 aliphatic carbocycles. The molecule has 0 amide bonds. The molecule has 2 rings (SSSR count). The van der Waals surface area contributed by atoms with Gasteiger partial charge in [-0.15, -0.1) is 0 Å². The van der Waals surface area contributed by atoms with Crippen molar-refractivity contribution in [2.24, 2.45) is 5.73 Å². The SMILES string of the molecule is CCOc1ccc2nc(SC[C@H](C)N)[nH]c2c1. The molecule has 0 saturated heterocycles. The highest BCUT2D eigenvalue weighted by atomic mass is 32.2. The van der Waals surface area contributed by atoms with E-state index >= 15 is 0 Å². The maximum atomic E-state index is 5.72. The van der Waals surface area contributed by atoms with Gasteiger partial charge in [0.1, 0.15) is 5.75 Å². The smallest absolute Gasteiger partial charge is 0.166 e. The first-order chi connectivity index (χ1) is 8.19. The van der Waals surface area contributed by atoms with Crippen LogP contribution in [0, 0.1) is 0 Å². The van der Waals surface area contributed by atoms with E-state index in [1.54, 1.807) is 11.8 Å². The fourth-order valence-corrected chi connectivity index (χ4v) is 2.27. The normalized spacial score (nSPS) is 12.9. The second kappa shape index (κ2) is 5.42. The van der Waals surface area contributed by atoms with Crippen molar-refractivity contribution in [1.29, 1.82) is 0 Å². The number of rotatable bonds is 5. The summed E-state index contributed by atoms with van der Waals surface area (Å²) in [4.78, 5) is 7.75. The minimum atomic E-state index is 0.173. The monoisotopic (exact) mass is 251 g/mol. The summed E-state index contributed by atoms with van der Waals surface area (Å²) in [5.74, 6) is 1.73. The number of fused-ring (bicyclic) bond motifs is 1. The van der Waals surface area contributed by atoms with Crippen molar-refractivity contribution in [2.45, 2.75) is 25.0 Å². The van der Waals surface area contributed by atoms with Gasteiger partial charge in [-0.3, -0.25) is 0 Å². The Morgan fingerprint density at radius 3 is 3.06 bits per heavy atom. The number of benzene rings is 1. The molecule has 0 spiro atoms. The zero-order valence-electron chi connectivity index (χ0n) is 10.1. The van der Waals surface area contributed by atoms with E-state index in [1.807, 2.05) is 32.0 Å². The highest BCUT2D eigenvalue weighted by Gasteiger charge is 2.05. The molecule has 0 aliphatic heterocycles. The van der Waals surface area contributed by atoms with Gasteiger partial charge in [-0.2, -0.15) is 0 Å². The summed E-state index contributed by atoms with van der Waals surface area (Å²) in [6.07, 6.45) is 0. The molecule has 0 fully saturated rings. The van der Waals surface area contributed by atoms with Crippen LogP contribution in [0.3, 0.4) is 0 Å².